The number of amides is 1. The maximum Gasteiger partial charge on any atom is 0.261 e. The van der Waals surface area contributed by atoms with E-state index in [0.717, 1.165) is 10.9 Å². The van der Waals surface area contributed by atoms with Crippen LogP contribution < -0.4 is 10.6 Å². The third-order valence-corrected chi connectivity index (χ3v) is 8.49. The van der Waals surface area contributed by atoms with Crippen LogP contribution in [0.4, 0.5) is 10.2 Å². The monoisotopic (exact) mass is 462 g/mol. The van der Waals surface area contributed by atoms with Gasteiger partial charge in [-0.05, 0) is 42.9 Å². The molecule has 0 radical (unpaired) electrons. The molecule has 10 heteroatoms. The molecule has 7 nitrogen and oxygen atoms in total. The average Bonchev–Trinajstić information content (AvgIpc) is 3.27. The number of anilines is 1. The molecule has 1 aromatic carbocycles. The van der Waals surface area contributed by atoms with Crippen LogP contribution in [-0.4, -0.2) is 48.9 Å². The van der Waals surface area contributed by atoms with Gasteiger partial charge in [0.1, 0.15) is 22.8 Å². The number of halogens is 1. The van der Waals surface area contributed by atoms with Crippen LogP contribution in [0.15, 0.2) is 30.6 Å². The van der Waals surface area contributed by atoms with Crippen LogP contribution in [0.5, 0.6) is 0 Å². The fourth-order valence-corrected chi connectivity index (χ4v) is 6.72. The van der Waals surface area contributed by atoms with Crippen LogP contribution >= 0.6 is 11.3 Å². The molecule has 1 aliphatic rings. The van der Waals surface area contributed by atoms with Gasteiger partial charge < -0.3 is 10.6 Å². The van der Waals surface area contributed by atoms with Gasteiger partial charge in [-0.25, -0.2) is 22.8 Å². The number of sulfone groups is 1. The highest BCUT2D eigenvalue weighted by Gasteiger charge is 2.28. The number of carbonyl (C=O) groups is 1. The summed E-state index contributed by atoms with van der Waals surface area (Å²) in [5.41, 5.74) is 1.33. The van der Waals surface area contributed by atoms with E-state index >= 15 is 0 Å². The predicted octanol–water partition coefficient (Wildman–Crippen LogP) is 2.96. The van der Waals surface area contributed by atoms with Gasteiger partial charge in [0.2, 0.25) is 0 Å². The topological polar surface area (TPSA) is 101 Å². The Labute approximate surface area is 184 Å². The van der Waals surface area contributed by atoms with E-state index in [1.54, 1.807) is 18.2 Å². The van der Waals surface area contributed by atoms with Crippen LogP contribution in [0.3, 0.4) is 0 Å². The average molecular weight is 463 g/mol. The summed E-state index contributed by atoms with van der Waals surface area (Å²) in [4.78, 5) is 22.6. The van der Waals surface area contributed by atoms with Crippen molar-refractivity contribution in [3.8, 4) is 0 Å². The first-order chi connectivity index (χ1) is 14.8. The van der Waals surface area contributed by atoms with Gasteiger partial charge in [0.15, 0.2) is 9.84 Å². The van der Waals surface area contributed by atoms with Gasteiger partial charge in [-0.15, -0.1) is 11.3 Å². The minimum absolute atomic E-state index is 0.0510. The molecule has 0 aliphatic carbocycles. The Morgan fingerprint density at radius 1 is 1.29 bits per heavy atom. The third kappa shape index (κ3) is 4.85. The Kier molecular flexibility index (Phi) is 6.19. The lowest BCUT2D eigenvalue weighted by atomic mass is 10.1. The van der Waals surface area contributed by atoms with Crippen molar-refractivity contribution in [3.05, 3.63) is 52.4 Å². The molecule has 3 aromatic rings. The van der Waals surface area contributed by atoms with Gasteiger partial charge in [0.25, 0.3) is 5.91 Å². The summed E-state index contributed by atoms with van der Waals surface area (Å²) in [5, 5.41) is 6.87. The zero-order valence-electron chi connectivity index (χ0n) is 17.0. The number of hydrogen-bond donors (Lipinski definition) is 2. The lowest BCUT2D eigenvalue weighted by Gasteiger charge is -2.11. The fourth-order valence-electron chi connectivity index (χ4n) is 3.79. The Bertz CT molecular complexity index is 1230. The van der Waals surface area contributed by atoms with Crippen LogP contribution in [0.25, 0.3) is 10.2 Å². The van der Waals surface area contributed by atoms with Crippen molar-refractivity contribution in [2.75, 3.05) is 29.9 Å². The standard InChI is InChI=1S/C21H23FN4O3S2/c1-13-17-19(24-10-14-7-9-31(28,29)11-14)25-12-26-21(17)30-18(13)20(27)23-8-6-15-4-2-3-5-16(15)22/h2-5,12,14H,6-11H2,1H3,(H,23,27)(H,24,25,26). The van der Waals surface area contributed by atoms with Gasteiger partial charge in [0.05, 0.1) is 21.8 Å². The molecule has 164 valence electrons. The quantitative estimate of drug-likeness (QED) is 0.560. The summed E-state index contributed by atoms with van der Waals surface area (Å²) in [5.74, 6) is 0.559. The predicted molar refractivity (Wildman–Crippen MR) is 120 cm³/mol. The fraction of sp³-hybridized carbons (Fsp3) is 0.381. The first kappa shape index (κ1) is 21.6. The van der Waals surface area contributed by atoms with Crippen molar-refractivity contribution < 1.29 is 17.6 Å². The number of aromatic nitrogens is 2. The molecule has 4 rings (SSSR count). The molecule has 1 unspecified atom stereocenters. The van der Waals surface area contributed by atoms with Gasteiger partial charge in [0, 0.05) is 13.1 Å². The van der Waals surface area contributed by atoms with Crippen LogP contribution in [0.1, 0.15) is 27.2 Å². The number of thiophene rings is 1. The number of nitrogens with one attached hydrogen (secondary N) is 2. The number of fused-ring (bicyclic) bond motifs is 1. The van der Waals surface area contributed by atoms with E-state index in [1.807, 2.05) is 6.92 Å². The van der Waals surface area contributed by atoms with Gasteiger partial charge >= 0.3 is 0 Å². The summed E-state index contributed by atoms with van der Waals surface area (Å²) in [6.07, 6.45) is 2.48. The lowest BCUT2D eigenvalue weighted by molar-refractivity contribution is 0.0957. The van der Waals surface area contributed by atoms with E-state index in [1.165, 1.54) is 23.7 Å². The molecule has 0 bridgehead atoms. The number of carbonyl (C=O) groups excluding carboxylic acids is 1. The second-order valence-electron chi connectivity index (χ2n) is 7.71. The first-order valence-electron chi connectivity index (χ1n) is 10.0. The Hall–Kier alpha value is -2.59. The highest BCUT2D eigenvalue weighted by molar-refractivity contribution is 7.91. The molecule has 1 aliphatic heterocycles. The lowest BCUT2D eigenvalue weighted by Crippen LogP contribution is -2.25. The summed E-state index contributed by atoms with van der Waals surface area (Å²) < 4.78 is 37.1. The van der Waals surface area contributed by atoms with Gasteiger partial charge in [-0.1, -0.05) is 18.2 Å². The molecule has 1 atom stereocenters. The van der Waals surface area contributed by atoms with E-state index in [0.29, 0.717) is 47.0 Å². The number of nitrogens with zero attached hydrogens (tertiary/aromatic N) is 2. The highest BCUT2D eigenvalue weighted by atomic mass is 32.2. The Morgan fingerprint density at radius 3 is 2.84 bits per heavy atom. The molecule has 2 aromatic heterocycles. The number of hydrogen-bond acceptors (Lipinski definition) is 7. The normalized spacial score (nSPS) is 17.7. The molecule has 3 heterocycles. The minimum Gasteiger partial charge on any atom is -0.369 e. The smallest absolute Gasteiger partial charge is 0.261 e. The largest absolute Gasteiger partial charge is 0.369 e. The van der Waals surface area contributed by atoms with Crippen molar-refractivity contribution in [2.45, 2.75) is 19.8 Å². The first-order valence-corrected chi connectivity index (χ1v) is 12.7. The van der Waals surface area contributed by atoms with E-state index in [2.05, 4.69) is 20.6 Å². The van der Waals surface area contributed by atoms with Crippen molar-refractivity contribution >= 4 is 43.1 Å². The molecule has 1 amide bonds. The second kappa shape index (κ2) is 8.88. The molecule has 0 spiro atoms. The van der Waals surface area contributed by atoms with E-state index in [-0.39, 0.29) is 29.1 Å². The highest BCUT2D eigenvalue weighted by Crippen LogP contribution is 2.33. The summed E-state index contributed by atoms with van der Waals surface area (Å²) in [6.45, 7) is 2.67. The van der Waals surface area contributed by atoms with Crippen molar-refractivity contribution in [1.29, 1.82) is 0 Å². The zero-order valence-corrected chi connectivity index (χ0v) is 18.7. The maximum atomic E-state index is 13.7. The van der Waals surface area contributed by atoms with E-state index < -0.39 is 9.84 Å². The molecule has 31 heavy (non-hydrogen) atoms. The number of benzene rings is 1. The molecule has 1 fully saturated rings. The zero-order chi connectivity index (χ0) is 22.0. The summed E-state index contributed by atoms with van der Waals surface area (Å²) >= 11 is 1.28. The summed E-state index contributed by atoms with van der Waals surface area (Å²) in [6, 6.07) is 6.51. The third-order valence-electron chi connectivity index (χ3n) is 5.46. The van der Waals surface area contributed by atoms with E-state index in [9.17, 15) is 17.6 Å². The Balaban J connectivity index is 1.45. The van der Waals surface area contributed by atoms with Crippen LogP contribution in [0.2, 0.25) is 0 Å². The SMILES string of the molecule is Cc1c(C(=O)NCCc2ccccc2F)sc2ncnc(NCC3CCS(=O)(=O)C3)c12. The minimum atomic E-state index is -2.94. The van der Waals surface area contributed by atoms with Crippen molar-refractivity contribution in [2.24, 2.45) is 5.92 Å². The molecule has 0 saturated carbocycles. The second-order valence-corrected chi connectivity index (χ2v) is 10.9. The number of aryl methyl sites for hydroxylation is 1. The molecule has 2 N–H and O–H groups in total. The Morgan fingerprint density at radius 2 is 2.10 bits per heavy atom. The molecular formula is C21H23FN4O3S2. The van der Waals surface area contributed by atoms with Crippen molar-refractivity contribution in [3.63, 3.8) is 0 Å². The maximum absolute atomic E-state index is 13.7. The van der Waals surface area contributed by atoms with E-state index in [4.69, 9.17) is 0 Å². The molecule has 1 saturated heterocycles. The molecular weight excluding hydrogens is 439 g/mol. The van der Waals surface area contributed by atoms with Gasteiger partial charge in [-0.2, -0.15) is 0 Å². The van der Waals surface area contributed by atoms with Crippen molar-refractivity contribution in [1.82, 2.24) is 15.3 Å². The summed E-state index contributed by atoms with van der Waals surface area (Å²) in [7, 11) is -2.94. The van der Waals surface area contributed by atoms with Gasteiger partial charge in [-0.3, -0.25) is 4.79 Å². The number of rotatable bonds is 7. The van der Waals surface area contributed by atoms with Crippen LogP contribution in [0, 0.1) is 18.7 Å². The van der Waals surface area contributed by atoms with Crippen LogP contribution in [-0.2, 0) is 16.3 Å².